The molecule has 26 heavy (non-hydrogen) atoms. The Hall–Kier alpha value is -2.72. The summed E-state index contributed by atoms with van der Waals surface area (Å²) >= 11 is 1.76. The van der Waals surface area contributed by atoms with Crippen LogP contribution in [-0.2, 0) is 0 Å². The van der Waals surface area contributed by atoms with Gasteiger partial charge in [-0.3, -0.25) is 4.79 Å². The molecule has 1 N–H and O–H groups in total. The molecule has 0 atom stereocenters. The molecule has 0 fully saturated rings. The molecule has 132 valence electrons. The van der Waals surface area contributed by atoms with Crippen molar-refractivity contribution in [3.8, 4) is 5.75 Å². The van der Waals surface area contributed by atoms with Crippen LogP contribution in [0.2, 0.25) is 0 Å². The summed E-state index contributed by atoms with van der Waals surface area (Å²) in [5, 5.41) is 2.89. The highest BCUT2D eigenvalue weighted by Crippen LogP contribution is 2.18. The second-order valence-electron chi connectivity index (χ2n) is 5.85. The molecule has 0 unspecified atom stereocenters. The van der Waals surface area contributed by atoms with Crippen molar-refractivity contribution in [1.82, 2.24) is 0 Å². The average molecular weight is 363 g/mol. The second kappa shape index (κ2) is 9.11. The van der Waals surface area contributed by atoms with Crippen LogP contribution in [0.15, 0.2) is 83.8 Å². The molecule has 3 aromatic carbocycles. The van der Waals surface area contributed by atoms with Gasteiger partial charge in [-0.05, 0) is 55.5 Å². The van der Waals surface area contributed by atoms with Gasteiger partial charge in [0.2, 0.25) is 0 Å². The van der Waals surface area contributed by atoms with Gasteiger partial charge < -0.3 is 10.1 Å². The van der Waals surface area contributed by atoms with Crippen LogP contribution in [0.5, 0.6) is 5.75 Å². The van der Waals surface area contributed by atoms with Gasteiger partial charge in [-0.1, -0.05) is 35.9 Å². The molecule has 0 aliphatic heterocycles. The van der Waals surface area contributed by atoms with Crippen molar-refractivity contribution in [2.45, 2.75) is 11.8 Å². The summed E-state index contributed by atoms with van der Waals surface area (Å²) in [5.41, 5.74) is 2.56. The lowest BCUT2D eigenvalue weighted by Crippen LogP contribution is -2.11. The zero-order valence-electron chi connectivity index (χ0n) is 14.6. The van der Waals surface area contributed by atoms with E-state index in [9.17, 15) is 4.79 Å². The van der Waals surface area contributed by atoms with Crippen LogP contribution in [0.4, 0.5) is 5.69 Å². The van der Waals surface area contributed by atoms with Crippen molar-refractivity contribution in [3.05, 3.63) is 90.0 Å². The summed E-state index contributed by atoms with van der Waals surface area (Å²) in [4.78, 5) is 13.5. The van der Waals surface area contributed by atoms with Crippen molar-refractivity contribution in [3.63, 3.8) is 0 Å². The summed E-state index contributed by atoms with van der Waals surface area (Å²) in [6.07, 6.45) is 0. The van der Waals surface area contributed by atoms with E-state index < -0.39 is 0 Å². The third-order valence-electron chi connectivity index (χ3n) is 3.79. The summed E-state index contributed by atoms with van der Waals surface area (Å²) in [6.45, 7) is 2.64. The smallest absolute Gasteiger partial charge is 0.255 e. The van der Waals surface area contributed by atoms with Gasteiger partial charge in [-0.2, -0.15) is 0 Å². The quantitative estimate of drug-likeness (QED) is 0.450. The Morgan fingerprint density at radius 3 is 2.31 bits per heavy atom. The Morgan fingerprint density at radius 2 is 1.62 bits per heavy atom. The van der Waals surface area contributed by atoms with Gasteiger partial charge in [0.1, 0.15) is 5.75 Å². The van der Waals surface area contributed by atoms with Crippen LogP contribution in [0.3, 0.4) is 0 Å². The average Bonchev–Trinajstić information content (AvgIpc) is 2.68. The number of rotatable bonds is 7. The molecule has 0 spiro atoms. The molecular weight excluding hydrogens is 342 g/mol. The summed E-state index contributed by atoms with van der Waals surface area (Å²) in [5.74, 6) is 1.52. The number of carbonyl (C=O) groups excluding carboxylic acids is 1. The maximum Gasteiger partial charge on any atom is 0.255 e. The lowest BCUT2D eigenvalue weighted by atomic mass is 10.2. The monoisotopic (exact) mass is 363 g/mol. The number of hydrogen-bond acceptors (Lipinski definition) is 3. The van der Waals surface area contributed by atoms with E-state index in [4.69, 9.17) is 4.74 Å². The molecule has 3 rings (SSSR count). The van der Waals surface area contributed by atoms with Gasteiger partial charge in [0, 0.05) is 21.9 Å². The van der Waals surface area contributed by atoms with Crippen molar-refractivity contribution in [2.75, 3.05) is 17.7 Å². The van der Waals surface area contributed by atoms with E-state index >= 15 is 0 Å². The predicted molar refractivity (Wildman–Crippen MR) is 108 cm³/mol. The number of carbonyl (C=O) groups is 1. The first-order valence-electron chi connectivity index (χ1n) is 8.49. The molecule has 0 bridgehead atoms. The Kier molecular flexibility index (Phi) is 6.34. The normalized spacial score (nSPS) is 10.3. The van der Waals surface area contributed by atoms with Crippen molar-refractivity contribution in [1.29, 1.82) is 0 Å². The zero-order valence-corrected chi connectivity index (χ0v) is 15.5. The minimum absolute atomic E-state index is 0.125. The SMILES string of the molecule is Cc1ccc(NC(=O)c2ccc(OCCSc3ccccc3)cc2)cc1. The summed E-state index contributed by atoms with van der Waals surface area (Å²) in [6, 6.07) is 25.2. The number of nitrogens with one attached hydrogen (secondary N) is 1. The van der Waals surface area contributed by atoms with Crippen LogP contribution in [0, 0.1) is 6.92 Å². The molecule has 0 aromatic heterocycles. The fourth-order valence-corrected chi connectivity index (χ4v) is 3.13. The summed E-state index contributed by atoms with van der Waals surface area (Å²) in [7, 11) is 0. The predicted octanol–water partition coefficient (Wildman–Crippen LogP) is 5.42. The van der Waals surface area contributed by atoms with E-state index in [1.807, 2.05) is 61.5 Å². The van der Waals surface area contributed by atoms with Crippen LogP contribution in [0.25, 0.3) is 0 Å². The van der Waals surface area contributed by atoms with Crippen LogP contribution in [0.1, 0.15) is 15.9 Å². The molecule has 1 amide bonds. The Balaban J connectivity index is 1.46. The van der Waals surface area contributed by atoms with E-state index in [1.54, 1.807) is 23.9 Å². The third-order valence-corrected chi connectivity index (χ3v) is 4.77. The topological polar surface area (TPSA) is 38.3 Å². The van der Waals surface area contributed by atoms with E-state index in [0.717, 1.165) is 22.8 Å². The largest absolute Gasteiger partial charge is 0.493 e. The van der Waals surface area contributed by atoms with Crippen molar-refractivity contribution < 1.29 is 9.53 Å². The first kappa shape index (κ1) is 18.1. The fraction of sp³-hybridized carbons (Fsp3) is 0.136. The number of amides is 1. The third kappa shape index (κ3) is 5.39. The fourth-order valence-electron chi connectivity index (χ4n) is 2.38. The lowest BCUT2D eigenvalue weighted by Gasteiger charge is -2.08. The standard InChI is InChI=1S/C22H21NO2S/c1-17-7-11-19(12-8-17)23-22(24)18-9-13-20(14-10-18)25-15-16-26-21-5-3-2-4-6-21/h2-14H,15-16H2,1H3,(H,23,24). The Bertz CT molecular complexity index is 830. The molecule has 4 heteroatoms. The van der Waals surface area contributed by atoms with Gasteiger partial charge in [0.15, 0.2) is 0 Å². The number of benzene rings is 3. The molecule has 3 aromatic rings. The van der Waals surface area contributed by atoms with Crippen LogP contribution < -0.4 is 10.1 Å². The Morgan fingerprint density at radius 1 is 0.923 bits per heavy atom. The highest BCUT2D eigenvalue weighted by Gasteiger charge is 2.06. The molecule has 0 saturated carbocycles. The molecule has 0 aliphatic carbocycles. The number of ether oxygens (including phenoxy) is 1. The van der Waals surface area contributed by atoms with Crippen molar-refractivity contribution in [2.24, 2.45) is 0 Å². The van der Waals surface area contributed by atoms with Crippen LogP contribution >= 0.6 is 11.8 Å². The maximum absolute atomic E-state index is 12.3. The molecule has 0 saturated heterocycles. The van der Waals surface area contributed by atoms with E-state index in [-0.39, 0.29) is 5.91 Å². The molecule has 3 nitrogen and oxygen atoms in total. The number of anilines is 1. The number of hydrogen-bond donors (Lipinski definition) is 1. The van der Waals surface area contributed by atoms with Gasteiger partial charge in [-0.15, -0.1) is 11.8 Å². The van der Waals surface area contributed by atoms with E-state index in [2.05, 4.69) is 17.4 Å². The van der Waals surface area contributed by atoms with E-state index in [1.165, 1.54) is 4.90 Å². The minimum atomic E-state index is -0.125. The molecule has 0 aliphatic rings. The van der Waals surface area contributed by atoms with Crippen molar-refractivity contribution >= 4 is 23.4 Å². The second-order valence-corrected chi connectivity index (χ2v) is 7.02. The molecule has 0 radical (unpaired) electrons. The van der Waals surface area contributed by atoms with Gasteiger partial charge >= 0.3 is 0 Å². The highest BCUT2D eigenvalue weighted by molar-refractivity contribution is 7.99. The van der Waals surface area contributed by atoms with Gasteiger partial charge in [0.25, 0.3) is 5.91 Å². The van der Waals surface area contributed by atoms with Gasteiger partial charge in [-0.25, -0.2) is 0 Å². The highest BCUT2D eigenvalue weighted by atomic mass is 32.2. The lowest BCUT2D eigenvalue weighted by molar-refractivity contribution is 0.102. The minimum Gasteiger partial charge on any atom is -0.493 e. The first-order valence-corrected chi connectivity index (χ1v) is 9.48. The zero-order chi connectivity index (χ0) is 18.2. The van der Waals surface area contributed by atoms with Crippen LogP contribution in [-0.4, -0.2) is 18.3 Å². The van der Waals surface area contributed by atoms with E-state index in [0.29, 0.717) is 12.2 Å². The number of aryl methyl sites for hydroxylation is 1. The maximum atomic E-state index is 12.3. The number of thioether (sulfide) groups is 1. The summed E-state index contributed by atoms with van der Waals surface area (Å²) < 4.78 is 5.74. The first-order chi connectivity index (χ1) is 12.7. The van der Waals surface area contributed by atoms with Gasteiger partial charge in [0.05, 0.1) is 6.61 Å². The molecule has 0 heterocycles. The Labute approximate surface area is 158 Å². The molecular formula is C22H21NO2S.